The van der Waals surface area contributed by atoms with E-state index in [0.29, 0.717) is 13.2 Å². The number of benzene rings is 1. The first-order chi connectivity index (χ1) is 8.54. The fraction of sp³-hybridized carbons (Fsp3) is 0.500. The molecule has 3 N–H and O–H groups in total. The highest BCUT2D eigenvalue weighted by atomic mass is 16.5. The summed E-state index contributed by atoms with van der Waals surface area (Å²) in [4.78, 5) is 12.3. The van der Waals surface area contributed by atoms with Gasteiger partial charge in [-0.15, -0.1) is 0 Å². The lowest BCUT2D eigenvalue weighted by Gasteiger charge is -2.27. The normalized spacial score (nSPS) is 28.9. The van der Waals surface area contributed by atoms with Crippen LogP contribution in [0.1, 0.15) is 25.5 Å². The van der Waals surface area contributed by atoms with E-state index in [9.17, 15) is 4.79 Å². The fourth-order valence-electron chi connectivity index (χ4n) is 2.11. The molecule has 0 aromatic heterocycles. The van der Waals surface area contributed by atoms with E-state index in [1.165, 1.54) is 0 Å². The smallest absolute Gasteiger partial charge is 0.230 e. The maximum Gasteiger partial charge on any atom is 0.230 e. The lowest BCUT2D eigenvalue weighted by molar-refractivity contribution is -0.131. The molecule has 1 aromatic rings. The number of amides is 1. The molecule has 1 amide bonds. The van der Waals surface area contributed by atoms with Crippen molar-refractivity contribution in [2.45, 2.75) is 25.9 Å². The minimum Gasteiger partial charge on any atom is -0.379 e. The van der Waals surface area contributed by atoms with Crippen LogP contribution in [0.5, 0.6) is 0 Å². The van der Waals surface area contributed by atoms with Gasteiger partial charge in [0.25, 0.3) is 0 Å². The van der Waals surface area contributed by atoms with Crippen LogP contribution < -0.4 is 11.1 Å². The van der Waals surface area contributed by atoms with Gasteiger partial charge in [0.15, 0.2) is 0 Å². The molecule has 18 heavy (non-hydrogen) atoms. The molecule has 2 unspecified atom stereocenters. The monoisotopic (exact) mass is 248 g/mol. The van der Waals surface area contributed by atoms with Gasteiger partial charge in [-0.25, -0.2) is 0 Å². The van der Waals surface area contributed by atoms with Gasteiger partial charge in [0, 0.05) is 6.04 Å². The average molecular weight is 248 g/mol. The molecule has 1 saturated heterocycles. The van der Waals surface area contributed by atoms with Crippen LogP contribution in [0.15, 0.2) is 30.3 Å². The molecule has 3 atom stereocenters. The topological polar surface area (TPSA) is 64.3 Å². The number of hydrogen-bond donors (Lipinski definition) is 2. The Hall–Kier alpha value is -1.39. The minimum absolute atomic E-state index is 0.0247. The highest BCUT2D eigenvalue weighted by Crippen LogP contribution is 2.28. The van der Waals surface area contributed by atoms with Gasteiger partial charge >= 0.3 is 0 Å². The Kier molecular flexibility index (Phi) is 3.68. The van der Waals surface area contributed by atoms with Crippen molar-refractivity contribution in [3.05, 3.63) is 35.9 Å². The van der Waals surface area contributed by atoms with Crippen LogP contribution in [0.3, 0.4) is 0 Å². The lowest BCUT2D eigenvalue weighted by atomic mass is 9.84. The number of nitrogens with one attached hydrogen (secondary N) is 1. The molecule has 1 aliphatic rings. The van der Waals surface area contributed by atoms with E-state index in [2.05, 4.69) is 5.32 Å². The third-order valence-corrected chi connectivity index (χ3v) is 3.68. The van der Waals surface area contributed by atoms with Crippen molar-refractivity contribution in [1.82, 2.24) is 5.32 Å². The minimum atomic E-state index is -0.622. The number of hydrogen-bond acceptors (Lipinski definition) is 3. The second-order valence-corrected chi connectivity index (χ2v) is 5.14. The molecule has 2 rings (SSSR count). The van der Waals surface area contributed by atoms with E-state index in [-0.39, 0.29) is 18.0 Å². The van der Waals surface area contributed by atoms with Crippen molar-refractivity contribution < 1.29 is 9.53 Å². The Balaban J connectivity index is 2.04. The Morgan fingerprint density at radius 2 is 2.17 bits per heavy atom. The summed E-state index contributed by atoms with van der Waals surface area (Å²) in [6.45, 7) is 4.67. The molecule has 0 saturated carbocycles. The zero-order valence-electron chi connectivity index (χ0n) is 10.8. The third kappa shape index (κ3) is 2.40. The summed E-state index contributed by atoms with van der Waals surface area (Å²) >= 11 is 0. The summed E-state index contributed by atoms with van der Waals surface area (Å²) in [5.74, 6) is -0.0381. The van der Waals surface area contributed by atoms with Crippen LogP contribution >= 0.6 is 0 Å². The zero-order chi connectivity index (χ0) is 13.2. The Bertz CT molecular complexity index is 421. The summed E-state index contributed by atoms with van der Waals surface area (Å²) in [5, 5.41) is 3.01. The van der Waals surface area contributed by atoms with E-state index in [1.807, 2.05) is 44.2 Å². The van der Waals surface area contributed by atoms with Gasteiger partial charge in [-0.1, -0.05) is 30.3 Å². The molecule has 0 radical (unpaired) electrons. The molecule has 1 heterocycles. The summed E-state index contributed by atoms with van der Waals surface area (Å²) < 4.78 is 5.29. The van der Waals surface area contributed by atoms with Crippen molar-refractivity contribution in [1.29, 1.82) is 0 Å². The largest absolute Gasteiger partial charge is 0.379 e. The van der Waals surface area contributed by atoms with Gasteiger partial charge < -0.3 is 15.8 Å². The highest BCUT2D eigenvalue weighted by Gasteiger charge is 2.44. The Labute approximate surface area is 108 Å². The molecule has 1 aromatic carbocycles. The van der Waals surface area contributed by atoms with E-state index in [0.717, 1.165) is 5.56 Å². The molecule has 1 aliphatic heterocycles. The van der Waals surface area contributed by atoms with Crippen LogP contribution in [-0.2, 0) is 9.53 Å². The average Bonchev–Trinajstić information content (AvgIpc) is 2.72. The summed E-state index contributed by atoms with van der Waals surface area (Å²) in [6.07, 6.45) is 0. The van der Waals surface area contributed by atoms with E-state index in [1.54, 1.807) is 0 Å². The van der Waals surface area contributed by atoms with E-state index >= 15 is 0 Å². The zero-order valence-corrected chi connectivity index (χ0v) is 10.8. The molecule has 0 bridgehead atoms. The second kappa shape index (κ2) is 5.08. The maximum atomic E-state index is 12.3. The van der Waals surface area contributed by atoms with Crippen LogP contribution in [0, 0.1) is 5.41 Å². The number of carbonyl (C=O) groups is 1. The maximum absolute atomic E-state index is 12.3. The van der Waals surface area contributed by atoms with Crippen molar-refractivity contribution in [2.75, 3.05) is 13.2 Å². The summed E-state index contributed by atoms with van der Waals surface area (Å²) in [5.41, 5.74) is 6.41. The molecule has 4 nitrogen and oxygen atoms in total. The SMILES string of the molecule is C[C@@H](NC(=O)C1(C)COCC1N)c1ccccc1. The fourth-order valence-corrected chi connectivity index (χ4v) is 2.11. The van der Waals surface area contributed by atoms with Gasteiger partial charge in [-0.05, 0) is 19.4 Å². The van der Waals surface area contributed by atoms with Gasteiger partial charge in [0.05, 0.1) is 24.7 Å². The number of carbonyl (C=O) groups excluding carboxylic acids is 1. The summed E-state index contributed by atoms with van der Waals surface area (Å²) in [6, 6.07) is 9.62. The van der Waals surface area contributed by atoms with Gasteiger partial charge in [-0.3, -0.25) is 4.79 Å². The standard InChI is InChI=1S/C14H20N2O2/c1-10(11-6-4-3-5-7-11)16-13(17)14(2)9-18-8-12(14)15/h3-7,10,12H,8-9,15H2,1-2H3,(H,16,17)/t10-,12?,14?/m1/s1. The number of nitrogens with two attached hydrogens (primary N) is 1. The van der Waals surface area contributed by atoms with Crippen molar-refractivity contribution >= 4 is 5.91 Å². The second-order valence-electron chi connectivity index (χ2n) is 5.14. The van der Waals surface area contributed by atoms with Crippen LogP contribution in [0.4, 0.5) is 0 Å². The highest BCUT2D eigenvalue weighted by molar-refractivity contribution is 5.84. The molecule has 1 fully saturated rings. The van der Waals surface area contributed by atoms with Gasteiger partial charge in [0.1, 0.15) is 0 Å². The Morgan fingerprint density at radius 3 is 2.72 bits per heavy atom. The molecular formula is C14H20N2O2. The first-order valence-corrected chi connectivity index (χ1v) is 6.23. The predicted octanol–water partition coefficient (Wildman–Crippen LogP) is 1.23. The number of ether oxygens (including phenoxy) is 1. The van der Waals surface area contributed by atoms with Crippen LogP contribution in [-0.4, -0.2) is 25.2 Å². The van der Waals surface area contributed by atoms with Gasteiger partial charge in [0.2, 0.25) is 5.91 Å². The lowest BCUT2D eigenvalue weighted by Crippen LogP contribution is -2.50. The van der Waals surface area contributed by atoms with Crippen molar-refractivity contribution in [3.63, 3.8) is 0 Å². The van der Waals surface area contributed by atoms with E-state index in [4.69, 9.17) is 10.5 Å². The van der Waals surface area contributed by atoms with Crippen LogP contribution in [0.25, 0.3) is 0 Å². The van der Waals surface area contributed by atoms with Gasteiger partial charge in [-0.2, -0.15) is 0 Å². The van der Waals surface area contributed by atoms with Crippen molar-refractivity contribution in [3.8, 4) is 0 Å². The first-order valence-electron chi connectivity index (χ1n) is 6.23. The molecule has 0 aliphatic carbocycles. The van der Waals surface area contributed by atoms with Crippen LogP contribution in [0.2, 0.25) is 0 Å². The summed E-state index contributed by atoms with van der Waals surface area (Å²) in [7, 11) is 0. The molecule has 0 spiro atoms. The van der Waals surface area contributed by atoms with Crippen molar-refractivity contribution in [2.24, 2.45) is 11.1 Å². The van der Waals surface area contributed by atoms with E-state index < -0.39 is 5.41 Å². The molecule has 4 heteroatoms. The predicted molar refractivity (Wildman–Crippen MR) is 69.9 cm³/mol. The Morgan fingerprint density at radius 1 is 1.50 bits per heavy atom. The molecular weight excluding hydrogens is 228 g/mol. The third-order valence-electron chi connectivity index (χ3n) is 3.68. The number of rotatable bonds is 3. The molecule has 98 valence electrons. The first kappa shape index (κ1) is 13.1. The quantitative estimate of drug-likeness (QED) is 0.845.